The Morgan fingerprint density at radius 2 is 2.31 bits per heavy atom. The Bertz CT molecular complexity index is 471. The van der Waals surface area contributed by atoms with Gasteiger partial charge in [0.1, 0.15) is 10.0 Å². The highest BCUT2D eigenvalue weighted by Crippen LogP contribution is 2.06. The molecule has 0 atom stereocenters. The minimum atomic E-state index is -0.190. The van der Waals surface area contributed by atoms with Crippen molar-refractivity contribution in [1.29, 1.82) is 0 Å². The van der Waals surface area contributed by atoms with Crippen molar-refractivity contribution in [2.45, 2.75) is 6.54 Å². The van der Waals surface area contributed by atoms with Gasteiger partial charge in [-0.15, -0.1) is 5.10 Å². The van der Waals surface area contributed by atoms with Gasteiger partial charge in [0.05, 0.1) is 6.20 Å². The standard InChI is InChI=1S/C9H7ClN4OS/c10-8-2-1-6(3-11-8)4-12-9(15)7-5-13-14-16-7/h1-3,5H,4H2,(H,12,15). The average Bonchev–Trinajstić information content (AvgIpc) is 2.81. The molecule has 0 bridgehead atoms. The van der Waals surface area contributed by atoms with Crippen molar-refractivity contribution in [2.24, 2.45) is 0 Å². The van der Waals surface area contributed by atoms with Crippen LogP contribution in [0.4, 0.5) is 0 Å². The molecule has 0 spiro atoms. The summed E-state index contributed by atoms with van der Waals surface area (Å²) < 4.78 is 3.61. The summed E-state index contributed by atoms with van der Waals surface area (Å²) in [6.07, 6.45) is 3.05. The van der Waals surface area contributed by atoms with Crippen LogP contribution in [0.15, 0.2) is 24.5 Å². The number of nitrogens with one attached hydrogen (secondary N) is 1. The van der Waals surface area contributed by atoms with Crippen LogP contribution in [0.2, 0.25) is 5.15 Å². The molecule has 0 aromatic carbocycles. The number of halogens is 1. The molecule has 1 N–H and O–H groups in total. The van der Waals surface area contributed by atoms with E-state index in [1.165, 1.54) is 6.20 Å². The summed E-state index contributed by atoms with van der Waals surface area (Å²) in [6.45, 7) is 0.404. The summed E-state index contributed by atoms with van der Waals surface area (Å²) in [5, 5.41) is 6.75. The lowest BCUT2D eigenvalue weighted by Gasteiger charge is -2.02. The van der Waals surface area contributed by atoms with E-state index < -0.39 is 0 Å². The third kappa shape index (κ3) is 2.74. The zero-order valence-corrected chi connectivity index (χ0v) is 9.63. The predicted octanol–water partition coefficient (Wildman–Crippen LogP) is 1.52. The molecule has 2 rings (SSSR count). The van der Waals surface area contributed by atoms with E-state index in [1.807, 2.05) is 0 Å². The highest BCUT2D eigenvalue weighted by molar-refractivity contribution is 7.07. The molecule has 16 heavy (non-hydrogen) atoms. The first-order chi connectivity index (χ1) is 7.75. The number of nitrogens with zero attached hydrogens (tertiary/aromatic N) is 3. The van der Waals surface area contributed by atoms with Crippen molar-refractivity contribution < 1.29 is 4.79 Å². The van der Waals surface area contributed by atoms with Crippen LogP contribution < -0.4 is 5.32 Å². The van der Waals surface area contributed by atoms with Gasteiger partial charge in [-0.1, -0.05) is 22.2 Å². The van der Waals surface area contributed by atoms with Crippen LogP contribution in [0, 0.1) is 0 Å². The molecule has 0 aliphatic carbocycles. The van der Waals surface area contributed by atoms with Crippen molar-refractivity contribution in [1.82, 2.24) is 19.9 Å². The Morgan fingerprint density at radius 1 is 1.44 bits per heavy atom. The van der Waals surface area contributed by atoms with Crippen molar-refractivity contribution in [3.05, 3.63) is 40.1 Å². The van der Waals surface area contributed by atoms with Crippen LogP contribution in [0.25, 0.3) is 0 Å². The normalized spacial score (nSPS) is 10.1. The lowest BCUT2D eigenvalue weighted by Crippen LogP contribution is -2.21. The molecule has 0 unspecified atom stereocenters. The first kappa shape index (κ1) is 11.0. The maximum absolute atomic E-state index is 11.5. The third-order valence-electron chi connectivity index (χ3n) is 1.83. The van der Waals surface area contributed by atoms with Crippen LogP contribution in [0.1, 0.15) is 15.2 Å². The number of carbonyl (C=O) groups is 1. The molecule has 2 aromatic rings. The molecule has 5 nitrogen and oxygen atoms in total. The maximum Gasteiger partial charge on any atom is 0.264 e. The van der Waals surface area contributed by atoms with Crippen LogP contribution in [0.5, 0.6) is 0 Å². The molecule has 0 aliphatic heterocycles. The maximum atomic E-state index is 11.5. The average molecular weight is 255 g/mol. The van der Waals surface area contributed by atoms with Crippen molar-refractivity contribution in [2.75, 3.05) is 0 Å². The van der Waals surface area contributed by atoms with Crippen LogP contribution in [0.3, 0.4) is 0 Å². The highest BCUT2D eigenvalue weighted by atomic mass is 35.5. The fraction of sp³-hybridized carbons (Fsp3) is 0.111. The molecule has 82 valence electrons. The Balaban J connectivity index is 1.93. The summed E-state index contributed by atoms with van der Waals surface area (Å²) >= 11 is 6.70. The number of hydrogen-bond donors (Lipinski definition) is 1. The van der Waals surface area contributed by atoms with Crippen molar-refractivity contribution >= 4 is 29.0 Å². The third-order valence-corrected chi connectivity index (χ3v) is 2.71. The Morgan fingerprint density at radius 3 is 2.94 bits per heavy atom. The summed E-state index contributed by atoms with van der Waals surface area (Å²) in [6, 6.07) is 3.48. The minimum Gasteiger partial charge on any atom is -0.347 e. The Labute approximate surface area is 101 Å². The zero-order chi connectivity index (χ0) is 11.4. The van der Waals surface area contributed by atoms with Gasteiger partial charge >= 0.3 is 0 Å². The molecule has 0 saturated heterocycles. The monoisotopic (exact) mass is 254 g/mol. The van der Waals surface area contributed by atoms with Gasteiger partial charge in [0.25, 0.3) is 5.91 Å². The molecule has 2 aromatic heterocycles. The van der Waals surface area contributed by atoms with Gasteiger partial charge in [-0.25, -0.2) is 4.98 Å². The SMILES string of the molecule is O=C(NCc1ccc(Cl)nc1)c1cnns1. The van der Waals surface area contributed by atoms with E-state index in [1.54, 1.807) is 18.3 Å². The molecule has 2 heterocycles. The van der Waals surface area contributed by atoms with Crippen LogP contribution in [-0.4, -0.2) is 20.5 Å². The van der Waals surface area contributed by atoms with Crippen molar-refractivity contribution in [3.63, 3.8) is 0 Å². The first-order valence-corrected chi connectivity index (χ1v) is 5.57. The Kier molecular flexibility index (Phi) is 3.43. The van der Waals surface area contributed by atoms with E-state index >= 15 is 0 Å². The van der Waals surface area contributed by atoms with Gasteiger partial charge in [0, 0.05) is 12.7 Å². The molecule has 0 radical (unpaired) electrons. The molecule has 0 aliphatic rings. The van der Waals surface area contributed by atoms with Gasteiger partial charge in [-0.2, -0.15) is 0 Å². The fourth-order valence-corrected chi connectivity index (χ4v) is 1.59. The first-order valence-electron chi connectivity index (χ1n) is 4.41. The Hall–Kier alpha value is -1.53. The zero-order valence-electron chi connectivity index (χ0n) is 8.05. The molecule has 0 saturated carbocycles. The summed E-state index contributed by atoms with van der Waals surface area (Å²) in [7, 11) is 0. The molecule has 7 heteroatoms. The summed E-state index contributed by atoms with van der Waals surface area (Å²) in [5.41, 5.74) is 0.884. The van der Waals surface area contributed by atoms with Gasteiger partial charge in [0.15, 0.2) is 0 Å². The quantitative estimate of drug-likeness (QED) is 0.844. The molecule has 1 amide bonds. The van der Waals surface area contributed by atoms with E-state index in [0.29, 0.717) is 16.6 Å². The lowest BCUT2D eigenvalue weighted by atomic mass is 10.3. The lowest BCUT2D eigenvalue weighted by molar-refractivity contribution is 0.0954. The van der Waals surface area contributed by atoms with Crippen LogP contribution in [-0.2, 0) is 6.54 Å². The molecular weight excluding hydrogens is 248 g/mol. The van der Waals surface area contributed by atoms with Gasteiger partial charge in [-0.05, 0) is 23.2 Å². The largest absolute Gasteiger partial charge is 0.347 e. The van der Waals surface area contributed by atoms with E-state index in [9.17, 15) is 4.79 Å². The van der Waals surface area contributed by atoms with Gasteiger partial charge in [-0.3, -0.25) is 4.79 Å². The number of rotatable bonds is 3. The van der Waals surface area contributed by atoms with Crippen LogP contribution >= 0.6 is 23.1 Å². The fourth-order valence-electron chi connectivity index (χ4n) is 1.05. The summed E-state index contributed by atoms with van der Waals surface area (Å²) in [4.78, 5) is 15.9. The van der Waals surface area contributed by atoms with E-state index in [4.69, 9.17) is 11.6 Å². The minimum absolute atomic E-state index is 0.190. The van der Waals surface area contributed by atoms with E-state index in [-0.39, 0.29) is 5.91 Å². The predicted molar refractivity (Wildman–Crippen MR) is 60.3 cm³/mol. The summed E-state index contributed by atoms with van der Waals surface area (Å²) in [5.74, 6) is -0.190. The number of aromatic nitrogens is 3. The van der Waals surface area contributed by atoms with Crippen molar-refractivity contribution in [3.8, 4) is 0 Å². The number of hydrogen-bond acceptors (Lipinski definition) is 5. The number of amides is 1. The number of pyridine rings is 1. The second-order valence-corrected chi connectivity index (χ2v) is 4.13. The smallest absolute Gasteiger partial charge is 0.264 e. The molecular formula is C9H7ClN4OS. The van der Waals surface area contributed by atoms with Gasteiger partial charge < -0.3 is 5.32 Å². The topological polar surface area (TPSA) is 67.8 Å². The van der Waals surface area contributed by atoms with E-state index in [0.717, 1.165) is 17.1 Å². The number of carbonyl (C=O) groups excluding carboxylic acids is 1. The highest BCUT2D eigenvalue weighted by Gasteiger charge is 2.07. The molecule has 0 fully saturated rings. The second kappa shape index (κ2) is 5.00. The van der Waals surface area contributed by atoms with E-state index in [2.05, 4.69) is 19.9 Å². The van der Waals surface area contributed by atoms with Gasteiger partial charge in [0.2, 0.25) is 0 Å². The second-order valence-electron chi connectivity index (χ2n) is 2.95.